The molecule has 0 heterocycles. The lowest BCUT2D eigenvalue weighted by molar-refractivity contribution is -0.112. The standard InChI is InChI=1S/C6H8O2/c1-3-6(8)4-5(2)7/h3-4,8H,1H2,2H3/b6-4+. The Labute approximate surface area is 48.1 Å². The normalized spacial score (nSPS) is 10.9. The second kappa shape index (κ2) is 3.02. The highest BCUT2D eigenvalue weighted by Gasteiger charge is 1.85. The maximum absolute atomic E-state index is 10.1. The Morgan fingerprint density at radius 3 is 2.38 bits per heavy atom. The molecule has 0 unspecified atom stereocenters. The van der Waals surface area contributed by atoms with Gasteiger partial charge in [-0.15, -0.1) is 0 Å². The number of rotatable bonds is 2. The van der Waals surface area contributed by atoms with Crippen LogP contribution in [0.3, 0.4) is 0 Å². The van der Waals surface area contributed by atoms with Crippen LogP contribution in [0.15, 0.2) is 24.5 Å². The van der Waals surface area contributed by atoms with Crippen molar-refractivity contribution in [2.75, 3.05) is 0 Å². The van der Waals surface area contributed by atoms with E-state index < -0.39 is 0 Å². The van der Waals surface area contributed by atoms with E-state index in [1.807, 2.05) is 0 Å². The Morgan fingerprint density at radius 2 is 2.25 bits per heavy atom. The van der Waals surface area contributed by atoms with Crippen molar-refractivity contribution in [1.29, 1.82) is 0 Å². The predicted octanol–water partition coefficient (Wildman–Crippen LogP) is 1.20. The average Bonchev–Trinajstić information content (AvgIpc) is 1.65. The molecule has 0 bridgehead atoms. The summed E-state index contributed by atoms with van der Waals surface area (Å²) in [5, 5.41) is 8.55. The van der Waals surface area contributed by atoms with Gasteiger partial charge in [0.15, 0.2) is 5.78 Å². The summed E-state index contributed by atoms with van der Waals surface area (Å²) >= 11 is 0. The third-order valence-electron chi connectivity index (χ3n) is 0.560. The summed E-state index contributed by atoms with van der Waals surface area (Å²) in [5.41, 5.74) is 0. The molecule has 0 saturated heterocycles. The van der Waals surface area contributed by atoms with E-state index in [9.17, 15) is 4.79 Å². The zero-order valence-electron chi connectivity index (χ0n) is 4.72. The highest BCUT2D eigenvalue weighted by atomic mass is 16.3. The molecular weight excluding hydrogens is 104 g/mol. The van der Waals surface area contributed by atoms with E-state index in [4.69, 9.17) is 5.11 Å². The number of hydrogen-bond donors (Lipinski definition) is 1. The van der Waals surface area contributed by atoms with Crippen molar-refractivity contribution in [3.05, 3.63) is 24.5 Å². The number of ketones is 1. The molecule has 0 aromatic rings. The Kier molecular flexibility index (Phi) is 2.62. The summed E-state index contributed by atoms with van der Waals surface area (Å²) in [7, 11) is 0. The van der Waals surface area contributed by atoms with Crippen LogP contribution in [0.25, 0.3) is 0 Å². The van der Waals surface area contributed by atoms with Gasteiger partial charge in [0.2, 0.25) is 0 Å². The van der Waals surface area contributed by atoms with Gasteiger partial charge in [0.1, 0.15) is 5.76 Å². The predicted molar refractivity (Wildman–Crippen MR) is 31.6 cm³/mol. The van der Waals surface area contributed by atoms with Crippen LogP contribution >= 0.6 is 0 Å². The first-order valence-electron chi connectivity index (χ1n) is 2.20. The van der Waals surface area contributed by atoms with Gasteiger partial charge in [-0.05, 0) is 13.0 Å². The van der Waals surface area contributed by atoms with Crippen LogP contribution in [0.5, 0.6) is 0 Å². The number of allylic oxidation sites excluding steroid dienone is 2. The van der Waals surface area contributed by atoms with Crippen LogP contribution in [0, 0.1) is 0 Å². The monoisotopic (exact) mass is 112 g/mol. The Hall–Kier alpha value is -1.05. The van der Waals surface area contributed by atoms with Crippen molar-refractivity contribution in [3.63, 3.8) is 0 Å². The maximum atomic E-state index is 10.1. The number of aliphatic hydroxyl groups excluding tert-OH is 1. The van der Waals surface area contributed by atoms with Crippen molar-refractivity contribution in [1.82, 2.24) is 0 Å². The van der Waals surface area contributed by atoms with Gasteiger partial charge in [0.05, 0.1) is 0 Å². The van der Waals surface area contributed by atoms with Crippen molar-refractivity contribution < 1.29 is 9.90 Å². The van der Waals surface area contributed by atoms with Gasteiger partial charge in [-0.25, -0.2) is 0 Å². The molecule has 44 valence electrons. The smallest absolute Gasteiger partial charge is 0.156 e. The van der Waals surface area contributed by atoms with Crippen LogP contribution in [-0.4, -0.2) is 10.9 Å². The molecule has 0 aliphatic carbocycles. The number of hydrogen-bond acceptors (Lipinski definition) is 2. The van der Waals surface area contributed by atoms with Gasteiger partial charge in [0.25, 0.3) is 0 Å². The van der Waals surface area contributed by atoms with E-state index in [-0.39, 0.29) is 11.5 Å². The molecule has 0 fully saturated rings. The quantitative estimate of drug-likeness (QED) is 0.331. The summed E-state index contributed by atoms with van der Waals surface area (Å²) in [4.78, 5) is 10.1. The fourth-order valence-electron chi connectivity index (χ4n) is 0.267. The van der Waals surface area contributed by atoms with Crippen LogP contribution in [0.4, 0.5) is 0 Å². The Balaban J connectivity index is 3.94. The van der Waals surface area contributed by atoms with E-state index in [1.54, 1.807) is 0 Å². The molecule has 0 atom stereocenters. The first-order valence-corrected chi connectivity index (χ1v) is 2.20. The zero-order valence-corrected chi connectivity index (χ0v) is 4.72. The van der Waals surface area contributed by atoms with E-state index in [0.717, 1.165) is 6.08 Å². The molecule has 8 heavy (non-hydrogen) atoms. The van der Waals surface area contributed by atoms with Crippen molar-refractivity contribution in [2.45, 2.75) is 6.92 Å². The van der Waals surface area contributed by atoms with Gasteiger partial charge in [-0.2, -0.15) is 0 Å². The lowest BCUT2D eigenvalue weighted by Crippen LogP contribution is -1.83. The number of aliphatic hydroxyl groups is 1. The van der Waals surface area contributed by atoms with Crippen LogP contribution in [-0.2, 0) is 4.79 Å². The molecular formula is C6H8O2. The molecule has 0 radical (unpaired) electrons. The van der Waals surface area contributed by atoms with Crippen molar-refractivity contribution >= 4 is 5.78 Å². The van der Waals surface area contributed by atoms with E-state index in [1.165, 1.54) is 13.0 Å². The summed E-state index contributed by atoms with van der Waals surface area (Å²) in [5.74, 6) is -0.264. The zero-order chi connectivity index (χ0) is 6.57. The molecule has 0 aliphatic rings. The molecule has 0 aromatic carbocycles. The molecule has 0 aromatic heterocycles. The molecule has 0 amide bonds. The fourth-order valence-corrected chi connectivity index (χ4v) is 0.267. The van der Waals surface area contributed by atoms with E-state index >= 15 is 0 Å². The lowest BCUT2D eigenvalue weighted by atomic mass is 10.3. The third-order valence-corrected chi connectivity index (χ3v) is 0.560. The average molecular weight is 112 g/mol. The molecule has 2 heteroatoms. The highest BCUT2D eigenvalue weighted by molar-refractivity contribution is 5.87. The number of carbonyl (C=O) groups is 1. The first-order chi connectivity index (χ1) is 3.66. The Morgan fingerprint density at radius 1 is 1.75 bits per heavy atom. The first kappa shape index (κ1) is 6.95. The van der Waals surface area contributed by atoms with Gasteiger partial charge < -0.3 is 5.11 Å². The topological polar surface area (TPSA) is 37.3 Å². The van der Waals surface area contributed by atoms with Gasteiger partial charge >= 0.3 is 0 Å². The van der Waals surface area contributed by atoms with Crippen molar-refractivity contribution in [3.8, 4) is 0 Å². The maximum Gasteiger partial charge on any atom is 0.156 e. The minimum absolute atomic E-state index is 0.0856. The largest absolute Gasteiger partial charge is 0.508 e. The number of carbonyl (C=O) groups excluding carboxylic acids is 1. The lowest BCUT2D eigenvalue weighted by Gasteiger charge is -1.83. The summed E-state index contributed by atoms with van der Waals surface area (Å²) in [6.07, 6.45) is 2.31. The minimum atomic E-state index is -0.178. The SMILES string of the molecule is C=C/C(O)=C\C(C)=O. The van der Waals surface area contributed by atoms with Gasteiger partial charge in [-0.1, -0.05) is 6.58 Å². The second-order valence-corrected chi connectivity index (χ2v) is 1.38. The molecule has 1 N–H and O–H groups in total. The molecule has 0 aliphatic heterocycles. The van der Waals surface area contributed by atoms with E-state index in [2.05, 4.69) is 6.58 Å². The van der Waals surface area contributed by atoms with Gasteiger partial charge in [0, 0.05) is 6.08 Å². The van der Waals surface area contributed by atoms with Gasteiger partial charge in [-0.3, -0.25) is 4.79 Å². The summed E-state index contributed by atoms with van der Waals surface area (Å²) in [6, 6.07) is 0. The second-order valence-electron chi connectivity index (χ2n) is 1.38. The molecule has 0 spiro atoms. The van der Waals surface area contributed by atoms with Crippen LogP contribution in [0.1, 0.15) is 6.92 Å². The summed E-state index contributed by atoms with van der Waals surface area (Å²) < 4.78 is 0. The molecule has 0 saturated carbocycles. The molecule has 0 rings (SSSR count). The van der Waals surface area contributed by atoms with E-state index in [0.29, 0.717) is 0 Å². The fraction of sp³-hybridized carbons (Fsp3) is 0.167. The highest BCUT2D eigenvalue weighted by Crippen LogP contribution is 1.86. The summed E-state index contributed by atoms with van der Waals surface area (Å²) in [6.45, 7) is 4.60. The minimum Gasteiger partial charge on any atom is -0.508 e. The van der Waals surface area contributed by atoms with Crippen LogP contribution < -0.4 is 0 Å². The Bertz CT molecular complexity index is 133. The van der Waals surface area contributed by atoms with Crippen molar-refractivity contribution in [2.24, 2.45) is 0 Å². The third kappa shape index (κ3) is 3.15. The van der Waals surface area contributed by atoms with Crippen LogP contribution in [0.2, 0.25) is 0 Å². The molecule has 2 nitrogen and oxygen atoms in total.